The summed E-state index contributed by atoms with van der Waals surface area (Å²) in [7, 11) is 0. The average Bonchev–Trinajstić information content (AvgIpc) is 2.57. The van der Waals surface area contributed by atoms with Crippen molar-refractivity contribution in [2.45, 2.75) is 0 Å². The number of aliphatic imine (C=N–C) groups is 1. The molecule has 1 aromatic heterocycles. The molecule has 0 radical (unpaired) electrons. The van der Waals surface area contributed by atoms with Gasteiger partial charge >= 0.3 is 5.69 Å². The van der Waals surface area contributed by atoms with Crippen LogP contribution in [0.1, 0.15) is 5.56 Å². The standard InChI is InChI=1S/C17H11ClFN3O3/c18-10-5-7-11(8-6-10)20-9-12-15(23)21-17(25)22(16(12)24)14-4-2-1-3-13(14)19/h1-9,24H,(H,21,23,25). The number of aromatic amines is 1. The quantitative estimate of drug-likeness (QED) is 0.705. The van der Waals surface area contributed by atoms with Gasteiger partial charge in [0.05, 0.1) is 11.4 Å². The first-order chi connectivity index (χ1) is 12.0. The van der Waals surface area contributed by atoms with E-state index >= 15 is 0 Å². The van der Waals surface area contributed by atoms with Crippen molar-refractivity contribution in [1.29, 1.82) is 0 Å². The van der Waals surface area contributed by atoms with Gasteiger partial charge in [0.1, 0.15) is 11.4 Å². The average molecular weight is 360 g/mol. The fraction of sp³-hybridized carbons (Fsp3) is 0. The summed E-state index contributed by atoms with van der Waals surface area (Å²) in [4.78, 5) is 30.1. The lowest BCUT2D eigenvalue weighted by Crippen LogP contribution is -2.31. The maximum atomic E-state index is 13.9. The monoisotopic (exact) mass is 359 g/mol. The lowest BCUT2D eigenvalue weighted by atomic mass is 10.2. The van der Waals surface area contributed by atoms with Gasteiger partial charge in [0, 0.05) is 11.2 Å². The molecular weight excluding hydrogens is 349 g/mol. The number of halogens is 2. The van der Waals surface area contributed by atoms with Gasteiger partial charge in [-0.05, 0) is 36.4 Å². The van der Waals surface area contributed by atoms with Crippen molar-refractivity contribution < 1.29 is 9.50 Å². The van der Waals surface area contributed by atoms with Crippen LogP contribution in [0.25, 0.3) is 5.69 Å². The molecule has 25 heavy (non-hydrogen) atoms. The van der Waals surface area contributed by atoms with E-state index in [1.54, 1.807) is 24.3 Å². The topological polar surface area (TPSA) is 87.5 Å². The first-order valence-electron chi connectivity index (χ1n) is 7.10. The minimum absolute atomic E-state index is 0.192. The van der Waals surface area contributed by atoms with Crippen LogP contribution >= 0.6 is 11.6 Å². The zero-order valence-corrected chi connectivity index (χ0v) is 13.4. The van der Waals surface area contributed by atoms with E-state index in [-0.39, 0.29) is 11.3 Å². The first kappa shape index (κ1) is 16.7. The number of hydrogen-bond acceptors (Lipinski definition) is 4. The molecule has 1 heterocycles. The number of aromatic nitrogens is 2. The number of aromatic hydroxyl groups is 1. The fourth-order valence-corrected chi connectivity index (χ4v) is 2.30. The second kappa shape index (κ2) is 6.74. The Hall–Kier alpha value is -3.19. The maximum Gasteiger partial charge on any atom is 0.335 e. The Bertz CT molecular complexity index is 1070. The summed E-state index contributed by atoms with van der Waals surface area (Å²) in [6.07, 6.45) is 1.09. The third kappa shape index (κ3) is 3.36. The first-order valence-corrected chi connectivity index (χ1v) is 7.48. The molecule has 0 fully saturated rings. The molecule has 3 rings (SSSR count). The smallest absolute Gasteiger partial charge is 0.335 e. The molecule has 2 N–H and O–H groups in total. The molecular formula is C17H11ClFN3O3. The van der Waals surface area contributed by atoms with Gasteiger partial charge in [-0.3, -0.25) is 14.8 Å². The summed E-state index contributed by atoms with van der Waals surface area (Å²) in [5, 5.41) is 10.8. The third-order valence-electron chi connectivity index (χ3n) is 3.38. The minimum atomic E-state index is -0.962. The van der Waals surface area contributed by atoms with Crippen molar-refractivity contribution in [3.63, 3.8) is 0 Å². The van der Waals surface area contributed by atoms with Crippen LogP contribution in [0.2, 0.25) is 5.02 Å². The third-order valence-corrected chi connectivity index (χ3v) is 3.64. The van der Waals surface area contributed by atoms with Crippen LogP contribution in [-0.4, -0.2) is 20.9 Å². The molecule has 0 atom stereocenters. The van der Waals surface area contributed by atoms with Crippen LogP contribution in [0.4, 0.5) is 10.1 Å². The molecule has 2 aromatic carbocycles. The Kier molecular flexibility index (Phi) is 4.49. The SMILES string of the molecule is O=c1[nH]c(=O)n(-c2ccccc2F)c(O)c1C=Nc1ccc(Cl)cc1. The molecule has 6 nitrogen and oxygen atoms in total. The van der Waals surface area contributed by atoms with Gasteiger partial charge in [0.15, 0.2) is 0 Å². The van der Waals surface area contributed by atoms with Gasteiger partial charge in [-0.25, -0.2) is 13.8 Å². The van der Waals surface area contributed by atoms with Crippen molar-refractivity contribution in [3.05, 3.63) is 85.8 Å². The molecule has 0 amide bonds. The predicted molar refractivity (Wildman–Crippen MR) is 93.0 cm³/mol. The predicted octanol–water partition coefficient (Wildman–Crippen LogP) is 2.77. The van der Waals surface area contributed by atoms with Gasteiger partial charge < -0.3 is 5.11 Å². The highest BCUT2D eigenvalue weighted by molar-refractivity contribution is 6.30. The summed E-state index contributed by atoms with van der Waals surface area (Å²) in [6, 6.07) is 11.8. The Morgan fingerprint density at radius 2 is 1.80 bits per heavy atom. The molecule has 0 saturated carbocycles. The number of hydrogen-bond donors (Lipinski definition) is 2. The number of nitrogens with zero attached hydrogens (tertiary/aromatic N) is 2. The highest BCUT2D eigenvalue weighted by atomic mass is 35.5. The molecule has 0 saturated heterocycles. The molecule has 0 bridgehead atoms. The van der Waals surface area contributed by atoms with Gasteiger partial charge in [-0.2, -0.15) is 0 Å². The van der Waals surface area contributed by atoms with E-state index in [0.717, 1.165) is 12.3 Å². The lowest BCUT2D eigenvalue weighted by Gasteiger charge is -2.10. The highest BCUT2D eigenvalue weighted by Gasteiger charge is 2.16. The van der Waals surface area contributed by atoms with Crippen LogP contribution in [0.3, 0.4) is 0 Å². The molecule has 126 valence electrons. The van der Waals surface area contributed by atoms with Crippen molar-refractivity contribution in [3.8, 4) is 11.6 Å². The van der Waals surface area contributed by atoms with Crippen LogP contribution in [0.5, 0.6) is 5.88 Å². The van der Waals surface area contributed by atoms with Crippen molar-refractivity contribution >= 4 is 23.5 Å². The van der Waals surface area contributed by atoms with E-state index in [0.29, 0.717) is 15.3 Å². The van der Waals surface area contributed by atoms with Crippen LogP contribution in [0.15, 0.2) is 63.1 Å². The normalized spacial score (nSPS) is 11.1. The summed E-state index contributed by atoms with van der Waals surface area (Å²) >= 11 is 5.78. The van der Waals surface area contributed by atoms with Crippen molar-refractivity contribution in [2.24, 2.45) is 4.99 Å². The van der Waals surface area contributed by atoms with E-state index in [4.69, 9.17) is 11.6 Å². The Morgan fingerprint density at radius 1 is 1.12 bits per heavy atom. The van der Waals surface area contributed by atoms with E-state index in [9.17, 15) is 19.1 Å². The van der Waals surface area contributed by atoms with Crippen LogP contribution in [-0.2, 0) is 0 Å². The molecule has 0 spiro atoms. The van der Waals surface area contributed by atoms with Crippen LogP contribution < -0.4 is 11.2 Å². The van der Waals surface area contributed by atoms with Crippen molar-refractivity contribution in [1.82, 2.24) is 9.55 Å². The summed E-state index contributed by atoms with van der Waals surface area (Å²) in [6.45, 7) is 0. The zero-order valence-electron chi connectivity index (χ0n) is 12.6. The minimum Gasteiger partial charge on any atom is -0.493 e. The molecule has 8 heteroatoms. The van der Waals surface area contributed by atoms with Gasteiger partial charge in [-0.1, -0.05) is 23.7 Å². The summed E-state index contributed by atoms with van der Waals surface area (Å²) in [5.41, 5.74) is -1.80. The van der Waals surface area contributed by atoms with Gasteiger partial charge in [0.2, 0.25) is 5.88 Å². The lowest BCUT2D eigenvalue weighted by molar-refractivity contribution is 0.427. The number of nitrogens with one attached hydrogen (secondary N) is 1. The van der Waals surface area contributed by atoms with E-state index < -0.39 is 22.9 Å². The van der Waals surface area contributed by atoms with Crippen LogP contribution in [0, 0.1) is 5.82 Å². The molecule has 0 aliphatic rings. The van der Waals surface area contributed by atoms with Gasteiger partial charge in [0.25, 0.3) is 5.56 Å². The largest absolute Gasteiger partial charge is 0.493 e. The molecule has 3 aromatic rings. The number of benzene rings is 2. The molecule has 0 aliphatic carbocycles. The second-order valence-electron chi connectivity index (χ2n) is 5.02. The number of H-pyrrole nitrogens is 1. The maximum absolute atomic E-state index is 13.9. The fourth-order valence-electron chi connectivity index (χ4n) is 2.18. The summed E-state index contributed by atoms with van der Waals surface area (Å²) in [5.74, 6) is -1.44. The van der Waals surface area contributed by atoms with E-state index in [2.05, 4.69) is 4.99 Å². The van der Waals surface area contributed by atoms with E-state index in [1.165, 1.54) is 18.2 Å². The van der Waals surface area contributed by atoms with E-state index in [1.807, 2.05) is 4.98 Å². The molecule has 0 aliphatic heterocycles. The number of rotatable bonds is 3. The van der Waals surface area contributed by atoms with Crippen molar-refractivity contribution in [2.75, 3.05) is 0 Å². The van der Waals surface area contributed by atoms with Gasteiger partial charge in [-0.15, -0.1) is 0 Å². The molecule has 0 unspecified atom stereocenters. The Labute approximate surface area is 145 Å². The zero-order chi connectivity index (χ0) is 18.0. The Morgan fingerprint density at radius 3 is 2.48 bits per heavy atom. The highest BCUT2D eigenvalue weighted by Crippen LogP contribution is 2.19. The summed E-state index contributed by atoms with van der Waals surface area (Å²) < 4.78 is 14.6. The second-order valence-corrected chi connectivity index (χ2v) is 5.45. The Balaban J connectivity index is 2.14. The number of para-hydroxylation sites is 1.